The van der Waals surface area contributed by atoms with E-state index in [1.165, 1.54) is 12.1 Å². The number of hydrogen-bond donors (Lipinski definition) is 1. The molecule has 92 valence electrons. The van der Waals surface area contributed by atoms with E-state index in [4.69, 9.17) is 0 Å². The zero-order valence-electron chi connectivity index (χ0n) is 9.05. The lowest BCUT2D eigenvalue weighted by molar-refractivity contribution is -0.137. The molecule has 2 rings (SSSR count). The van der Waals surface area contributed by atoms with Crippen LogP contribution < -0.4 is 5.32 Å². The van der Waals surface area contributed by atoms with Crippen molar-refractivity contribution in [3.8, 4) is 0 Å². The Kier molecular flexibility index (Phi) is 3.09. The third-order valence-corrected chi connectivity index (χ3v) is 2.70. The molecule has 0 bridgehead atoms. The first-order valence-corrected chi connectivity index (χ1v) is 5.42. The molecule has 1 fully saturated rings. The molecule has 1 aliphatic rings. The van der Waals surface area contributed by atoms with Gasteiger partial charge in [-0.15, -0.1) is 0 Å². The molecule has 0 aromatic heterocycles. The smallest absolute Gasteiger partial charge is 0.352 e. The summed E-state index contributed by atoms with van der Waals surface area (Å²) in [6.07, 6.45) is -2.24. The number of carbonyl (C=O) groups excluding carboxylic acids is 1. The van der Waals surface area contributed by atoms with Crippen LogP contribution in [0.3, 0.4) is 0 Å². The highest BCUT2D eigenvalue weighted by molar-refractivity contribution is 5.94. The van der Waals surface area contributed by atoms with E-state index >= 15 is 0 Å². The van der Waals surface area contributed by atoms with E-state index in [9.17, 15) is 18.0 Å². The lowest BCUT2D eigenvalue weighted by atomic mass is 10.1. The topological polar surface area (TPSA) is 29.1 Å². The average molecular weight is 243 g/mol. The van der Waals surface area contributed by atoms with Crippen molar-refractivity contribution >= 4 is 5.91 Å². The molecule has 0 aliphatic heterocycles. The minimum absolute atomic E-state index is 0.0560. The Labute approximate surface area is 96.8 Å². The standard InChI is InChI=1S/C12H12F3NO/c13-12(14,15)10-3-1-2-9(6-10)11(17)16-7-8-4-5-8/h1-3,6,8H,4-5,7H2,(H,16,17). The van der Waals surface area contributed by atoms with Crippen LogP contribution in [0.4, 0.5) is 13.2 Å². The summed E-state index contributed by atoms with van der Waals surface area (Å²) in [6.45, 7) is 0.551. The van der Waals surface area contributed by atoms with Gasteiger partial charge in [-0.2, -0.15) is 13.2 Å². The van der Waals surface area contributed by atoms with E-state index in [1.54, 1.807) is 0 Å². The third kappa shape index (κ3) is 3.22. The monoisotopic (exact) mass is 243 g/mol. The van der Waals surface area contributed by atoms with Gasteiger partial charge in [-0.25, -0.2) is 0 Å². The Morgan fingerprint density at radius 3 is 2.65 bits per heavy atom. The Balaban J connectivity index is 2.06. The van der Waals surface area contributed by atoms with Gasteiger partial charge in [0.1, 0.15) is 0 Å². The highest BCUT2D eigenvalue weighted by Gasteiger charge is 2.31. The summed E-state index contributed by atoms with van der Waals surface area (Å²) in [5, 5.41) is 2.63. The molecule has 1 N–H and O–H groups in total. The van der Waals surface area contributed by atoms with Gasteiger partial charge in [0.25, 0.3) is 5.91 Å². The minimum atomic E-state index is -4.41. The molecule has 0 saturated heterocycles. The Bertz CT molecular complexity index is 424. The molecule has 1 aromatic rings. The summed E-state index contributed by atoms with van der Waals surface area (Å²) < 4.78 is 37.3. The van der Waals surface area contributed by atoms with Crippen LogP contribution in [0.15, 0.2) is 24.3 Å². The summed E-state index contributed by atoms with van der Waals surface area (Å²) in [4.78, 5) is 11.6. The maximum atomic E-state index is 12.4. The normalized spacial score (nSPS) is 15.7. The van der Waals surface area contributed by atoms with Gasteiger partial charge < -0.3 is 5.32 Å². The molecule has 1 amide bonds. The molecular weight excluding hydrogens is 231 g/mol. The molecule has 17 heavy (non-hydrogen) atoms. The second-order valence-corrected chi connectivity index (χ2v) is 4.23. The largest absolute Gasteiger partial charge is 0.416 e. The van der Waals surface area contributed by atoms with Crippen molar-refractivity contribution in [1.29, 1.82) is 0 Å². The second kappa shape index (κ2) is 4.39. The van der Waals surface area contributed by atoms with E-state index in [1.807, 2.05) is 0 Å². The first-order chi connectivity index (χ1) is 7.97. The van der Waals surface area contributed by atoms with Crippen LogP contribution in [0.5, 0.6) is 0 Å². The first-order valence-electron chi connectivity index (χ1n) is 5.42. The van der Waals surface area contributed by atoms with Gasteiger partial charge in [0.2, 0.25) is 0 Å². The van der Waals surface area contributed by atoms with Crippen molar-refractivity contribution in [3.05, 3.63) is 35.4 Å². The Morgan fingerprint density at radius 2 is 2.06 bits per heavy atom. The second-order valence-electron chi connectivity index (χ2n) is 4.23. The SMILES string of the molecule is O=C(NCC1CC1)c1cccc(C(F)(F)F)c1. The number of nitrogens with one attached hydrogen (secondary N) is 1. The molecule has 0 atom stereocenters. The number of carbonyl (C=O) groups is 1. The molecule has 0 radical (unpaired) electrons. The average Bonchev–Trinajstić information content (AvgIpc) is 3.09. The molecular formula is C12H12F3NO. The lowest BCUT2D eigenvalue weighted by Crippen LogP contribution is -2.25. The van der Waals surface area contributed by atoms with Crippen LogP contribution in [0, 0.1) is 5.92 Å². The molecule has 5 heteroatoms. The van der Waals surface area contributed by atoms with Gasteiger partial charge in [0.15, 0.2) is 0 Å². The van der Waals surface area contributed by atoms with E-state index in [-0.39, 0.29) is 5.56 Å². The predicted molar refractivity (Wildman–Crippen MR) is 56.5 cm³/mol. The van der Waals surface area contributed by atoms with Crippen molar-refractivity contribution in [2.45, 2.75) is 19.0 Å². The van der Waals surface area contributed by atoms with E-state index in [2.05, 4.69) is 5.32 Å². The van der Waals surface area contributed by atoms with Crippen LogP contribution in [0.2, 0.25) is 0 Å². The number of benzene rings is 1. The maximum absolute atomic E-state index is 12.4. The van der Waals surface area contributed by atoms with Crippen LogP contribution >= 0.6 is 0 Å². The van der Waals surface area contributed by atoms with Crippen LogP contribution in [-0.4, -0.2) is 12.5 Å². The van der Waals surface area contributed by atoms with Crippen molar-refractivity contribution in [2.75, 3.05) is 6.54 Å². The molecule has 1 saturated carbocycles. The fraction of sp³-hybridized carbons (Fsp3) is 0.417. The number of alkyl halides is 3. The predicted octanol–water partition coefficient (Wildman–Crippen LogP) is 2.85. The molecule has 1 aromatic carbocycles. The van der Waals surface area contributed by atoms with Crippen molar-refractivity contribution in [1.82, 2.24) is 5.32 Å². The van der Waals surface area contributed by atoms with Gasteiger partial charge in [-0.3, -0.25) is 4.79 Å². The van der Waals surface area contributed by atoms with Crippen LogP contribution in [-0.2, 0) is 6.18 Å². The van der Waals surface area contributed by atoms with E-state index in [0.29, 0.717) is 12.5 Å². The Morgan fingerprint density at radius 1 is 1.35 bits per heavy atom. The fourth-order valence-corrected chi connectivity index (χ4v) is 1.50. The summed E-state index contributed by atoms with van der Waals surface area (Å²) in [5.74, 6) is 0.0627. The maximum Gasteiger partial charge on any atom is 0.416 e. The zero-order chi connectivity index (χ0) is 12.5. The van der Waals surface area contributed by atoms with Gasteiger partial charge in [-0.05, 0) is 37.0 Å². The Hall–Kier alpha value is -1.52. The summed E-state index contributed by atoms with van der Waals surface area (Å²) in [5.41, 5.74) is -0.739. The summed E-state index contributed by atoms with van der Waals surface area (Å²) in [7, 11) is 0. The fourth-order valence-electron chi connectivity index (χ4n) is 1.50. The number of hydrogen-bond acceptors (Lipinski definition) is 1. The minimum Gasteiger partial charge on any atom is -0.352 e. The molecule has 1 aliphatic carbocycles. The zero-order valence-corrected chi connectivity index (χ0v) is 9.05. The lowest BCUT2D eigenvalue weighted by Gasteiger charge is -2.08. The van der Waals surface area contributed by atoms with Gasteiger partial charge in [0, 0.05) is 12.1 Å². The molecule has 0 spiro atoms. The van der Waals surface area contributed by atoms with Crippen molar-refractivity contribution < 1.29 is 18.0 Å². The third-order valence-electron chi connectivity index (χ3n) is 2.70. The molecule has 0 unspecified atom stereocenters. The van der Waals surface area contributed by atoms with Crippen LogP contribution in [0.1, 0.15) is 28.8 Å². The highest BCUT2D eigenvalue weighted by atomic mass is 19.4. The highest BCUT2D eigenvalue weighted by Crippen LogP contribution is 2.30. The van der Waals surface area contributed by atoms with E-state index in [0.717, 1.165) is 25.0 Å². The summed E-state index contributed by atoms with van der Waals surface area (Å²) >= 11 is 0. The van der Waals surface area contributed by atoms with E-state index < -0.39 is 17.6 Å². The van der Waals surface area contributed by atoms with Crippen molar-refractivity contribution in [3.63, 3.8) is 0 Å². The number of halogens is 3. The van der Waals surface area contributed by atoms with Gasteiger partial charge >= 0.3 is 6.18 Å². The summed E-state index contributed by atoms with van der Waals surface area (Å²) in [6, 6.07) is 4.46. The molecule has 2 nitrogen and oxygen atoms in total. The van der Waals surface area contributed by atoms with Gasteiger partial charge in [0.05, 0.1) is 5.56 Å². The van der Waals surface area contributed by atoms with Gasteiger partial charge in [-0.1, -0.05) is 6.07 Å². The first kappa shape index (κ1) is 12.0. The molecule has 0 heterocycles. The quantitative estimate of drug-likeness (QED) is 0.869. The number of rotatable bonds is 3. The number of amides is 1. The van der Waals surface area contributed by atoms with Crippen molar-refractivity contribution in [2.24, 2.45) is 5.92 Å². The van der Waals surface area contributed by atoms with Crippen LogP contribution in [0.25, 0.3) is 0 Å².